The van der Waals surface area contributed by atoms with E-state index < -0.39 is 0 Å². The van der Waals surface area contributed by atoms with Crippen LogP contribution in [0, 0.1) is 10.8 Å². The van der Waals surface area contributed by atoms with Crippen LogP contribution in [0.4, 0.5) is 0 Å². The minimum absolute atomic E-state index is 0.212. The lowest BCUT2D eigenvalue weighted by molar-refractivity contribution is -0.0465. The molecule has 2 unspecified atom stereocenters. The van der Waals surface area contributed by atoms with Gasteiger partial charge in [-0.25, -0.2) is 0 Å². The van der Waals surface area contributed by atoms with Crippen molar-refractivity contribution in [1.82, 2.24) is 0 Å². The van der Waals surface area contributed by atoms with Crippen molar-refractivity contribution in [3.63, 3.8) is 0 Å². The fourth-order valence-electron chi connectivity index (χ4n) is 2.15. The average Bonchev–Trinajstić information content (AvgIpc) is 2.22. The summed E-state index contributed by atoms with van der Waals surface area (Å²) in [6.07, 6.45) is 3.72. The molecule has 0 aromatic carbocycles. The van der Waals surface area contributed by atoms with Gasteiger partial charge in [0.15, 0.2) is 0 Å². The summed E-state index contributed by atoms with van der Waals surface area (Å²) in [5.41, 5.74) is 0.513. The van der Waals surface area contributed by atoms with Crippen molar-refractivity contribution in [3.05, 3.63) is 0 Å². The van der Waals surface area contributed by atoms with Gasteiger partial charge in [0.25, 0.3) is 0 Å². The van der Waals surface area contributed by atoms with Crippen molar-refractivity contribution >= 4 is 0 Å². The Morgan fingerprint density at radius 3 is 1.76 bits per heavy atom. The van der Waals surface area contributed by atoms with Crippen molar-refractivity contribution in [1.29, 1.82) is 0 Å². The van der Waals surface area contributed by atoms with Crippen LogP contribution < -0.4 is 0 Å². The molecular weight excluding hydrogens is 212 g/mol. The topological polar surface area (TPSA) is 18.5 Å². The third-order valence-corrected chi connectivity index (χ3v) is 3.72. The lowest BCUT2D eigenvalue weighted by atomic mass is 9.79. The van der Waals surface area contributed by atoms with Gasteiger partial charge in [-0.15, -0.1) is 0 Å². The molecule has 0 aliphatic carbocycles. The molecule has 0 saturated heterocycles. The van der Waals surface area contributed by atoms with E-state index in [0.29, 0.717) is 5.41 Å². The number of rotatable bonds is 7. The molecule has 0 spiro atoms. The summed E-state index contributed by atoms with van der Waals surface area (Å²) in [5, 5.41) is 0. The molecule has 0 saturated carbocycles. The van der Waals surface area contributed by atoms with E-state index in [-0.39, 0.29) is 17.6 Å². The highest BCUT2D eigenvalue weighted by atomic mass is 16.5. The number of hydrogen-bond donors (Lipinski definition) is 0. The van der Waals surface area contributed by atoms with Crippen molar-refractivity contribution in [2.24, 2.45) is 10.8 Å². The van der Waals surface area contributed by atoms with E-state index in [1.165, 1.54) is 0 Å². The Labute approximate surface area is 108 Å². The lowest BCUT2D eigenvalue weighted by Gasteiger charge is -2.36. The second-order valence-corrected chi connectivity index (χ2v) is 6.92. The Balaban J connectivity index is 4.53. The molecule has 0 aliphatic heterocycles. The summed E-state index contributed by atoms with van der Waals surface area (Å²) < 4.78 is 11.3. The van der Waals surface area contributed by atoms with E-state index in [2.05, 4.69) is 41.5 Å². The van der Waals surface area contributed by atoms with Gasteiger partial charge in [0.1, 0.15) is 0 Å². The Hall–Kier alpha value is -0.0800. The van der Waals surface area contributed by atoms with Gasteiger partial charge >= 0.3 is 0 Å². The van der Waals surface area contributed by atoms with Crippen LogP contribution in [0.2, 0.25) is 0 Å². The standard InChI is InChI=1S/C15H32O2/c1-9-15(5,6)13(17-8)10-12(16-7)11-14(2,3)4/h12-13H,9-11H2,1-8H3. The molecule has 2 atom stereocenters. The molecule has 0 N–H and O–H groups in total. The van der Waals surface area contributed by atoms with E-state index in [1.807, 2.05) is 14.2 Å². The van der Waals surface area contributed by atoms with Gasteiger partial charge < -0.3 is 9.47 Å². The van der Waals surface area contributed by atoms with Crippen LogP contribution in [0.15, 0.2) is 0 Å². The molecule has 2 heteroatoms. The molecule has 0 rings (SSSR count). The van der Waals surface area contributed by atoms with Crippen LogP contribution in [0.5, 0.6) is 0 Å². The van der Waals surface area contributed by atoms with Crippen molar-refractivity contribution in [3.8, 4) is 0 Å². The van der Waals surface area contributed by atoms with Gasteiger partial charge in [-0.3, -0.25) is 0 Å². The fourth-order valence-corrected chi connectivity index (χ4v) is 2.15. The van der Waals surface area contributed by atoms with E-state index in [4.69, 9.17) is 9.47 Å². The highest BCUT2D eigenvalue weighted by molar-refractivity contribution is 4.82. The summed E-state index contributed by atoms with van der Waals surface area (Å²) in [6.45, 7) is 13.5. The molecule has 0 fully saturated rings. The molecule has 0 amide bonds. The van der Waals surface area contributed by atoms with Crippen LogP contribution in [-0.4, -0.2) is 26.4 Å². The van der Waals surface area contributed by atoms with E-state index in [0.717, 1.165) is 19.3 Å². The maximum absolute atomic E-state index is 5.67. The molecule has 0 aromatic heterocycles. The summed E-state index contributed by atoms with van der Waals surface area (Å²) in [6, 6.07) is 0. The molecule has 0 aromatic rings. The highest BCUT2D eigenvalue weighted by Crippen LogP contribution is 2.33. The zero-order valence-electron chi connectivity index (χ0n) is 13.1. The first-order chi connectivity index (χ1) is 7.66. The van der Waals surface area contributed by atoms with Gasteiger partial charge in [-0.05, 0) is 23.7 Å². The zero-order chi connectivity index (χ0) is 13.7. The summed E-state index contributed by atoms with van der Waals surface area (Å²) in [7, 11) is 3.62. The first-order valence-electron chi connectivity index (χ1n) is 6.72. The predicted molar refractivity (Wildman–Crippen MR) is 74.4 cm³/mol. The van der Waals surface area contributed by atoms with Crippen molar-refractivity contribution in [2.45, 2.75) is 73.0 Å². The van der Waals surface area contributed by atoms with Crippen molar-refractivity contribution < 1.29 is 9.47 Å². The second-order valence-electron chi connectivity index (χ2n) is 6.92. The lowest BCUT2D eigenvalue weighted by Crippen LogP contribution is -2.35. The maximum Gasteiger partial charge on any atom is 0.0646 e. The molecule has 0 heterocycles. The van der Waals surface area contributed by atoms with E-state index in [1.54, 1.807) is 0 Å². The van der Waals surface area contributed by atoms with Gasteiger partial charge in [0.2, 0.25) is 0 Å². The average molecular weight is 244 g/mol. The number of methoxy groups -OCH3 is 2. The Morgan fingerprint density at radius 2 is 1.47 bits per heavy atom. The molecule has 17 heavy (non-hydrogen) atoms. The zero-order valence-corrected chi connectivity index (χ0v) is 13.1. The fraction of sp³-hybridized carbons (Fsp3) is 1.00. The maximum atomic E-state index is 5.67. The monoisotopic (exact) mass is 244 g/mol. The van der Waals surface area contributed by atoms with E-state index >= 15 is 0 Å². The second kappa shape index (κ2) is 6.75. The van der Waals surface area contributed by atoms with Crippen LogP contribution >= 0.6 is 0 Å². The Bertz CT molecular complexity index is 203. The van der Waals surface area contributed by atoms with Crippen LogP contribution in [-0.2, 0) is 9.47 Å². The van der Waals surface area contributed by atoms with Crippen molar-refractivity contribution in [2.75, 3.05) is 14.2 Å². The number of hydrogen-bond acceptors (Lipinski definition) is 2. The van der Waals surface area contributed by atoms with Gasteiger partial charge in [-0.2, -0.15) is 0 Å². The SMILES string of the molecule is CCC(C)(C)C(CC(CC(C)(C)C)OC)OC. The predicted octanol–water partition coefficient (Wildman–Crippen LogP) is 4.28. The molecule has 104 valence electrons. The molecular formula is C15H32O2. The largest absolute Gasteiger partial charge is 0.381 e. The summed E-state index contributed by atoms with van der Waals surface area (Å²) in [5.74, 6) is 0. The normalized spacial score (nSPS) is 16.9. The molecule has 0 radical (unpaired) electrons. The van der Waals surface area contributed by atoms with E-state index in [9.17, 15) is 0 Å². The van der Waals surface area contributed by atoms with Gasteiger partial charge in [0.05, 0.1) is 12.2 Å². The highest BCUT2D eigenvalue weighted by Gasteiger charge is 2.31. The summed E-state index contributed by atoms with van der Waals surface area (Å²) >= 11 is 0. The third-order valence-electron chi connectivity index (χ3n) is 3.72. The minimum atomic E-state index is 0.212. The van der Waals surface area contributed by atoms with Crippen LogP contribution in [0.1, 0.15) is 60.8 Å². The summed E-state index contributed by atoms with van der Waals surface area (Å²) in [4.78, 5) is 0. The Kier molecular flexibility index (Phi) is 6.71. The quantitative estimate of drug-likeness (QED) is 0.665. The first-order valence-corrected chi connectivity index (χ1v) is 6.72. The first kappa shape index (κ1) is 16.9. The molecule has 2 nitrogen and oxygen atoms in total. The molecule has 0 aliphatic rings. The van der Waals surface area contributed by atoms with Crippen LogP contribution in [0.25, 0.3) is 0 Å². The van der Waals surface area contributed by atoms with Crippen LogP contribution in [0.3, 0.4) is 0 Å². The molecule has 0 bridgehead atoms. The van der Waals surface area contributed by atoms with Gasteiger partial charge in [0, 0.05) is 20.6 Å². The third kappa shape index (κ3) is 6.42. The minimum Gasteiger partial charge on any atom is -0.381 e. The number of ether oxygens (including phenoxy) is 2. The Morgan fingerprint density at radius 1 is 0.941 bits per heavy atom. The smallest absolute Gasteiger partial charge is 0.0646 e. The van der Waals surface area contributed by atoms with Gasteiger partial charge in [-0.1, -0.05) is 41.5 Å².